The lowest BCUT2D eigenvalue weighted by atomic mass is 10.1. The summed E-state index contributed by atoms with van der Waals surface area (Å²) in [6.45, 7) is 3.94. The lowest BCUT2D eigenvalue weighted by Gasteiger charge is -2.39. The quantitative estimate of drug-likeness (QED) is 0.830. The minimum atomic E-state index is -0.244. The second-order valence-electron chi connectivity index (χ2n) is 5.57. The Balaban J connectivity index is 1.71. The van der Waals surface area contributed by atoms with Gasteiger partial charge in [0, 0.05) is 6.61 Å². The summed E-state index contributed by atoms with van der Waals surface area (Å²) in [7, 11) is 0. The Morgan fingerprint density at radius 3 is 2.75 bits per heavy atom. The van der Waals surface area contributed by atoms with Crippen molar-refractivity contribution in [2.75, 3.05) is 19.8 Å². The van der Waals surface area contributed by atoms with Gasteiger partial charge < -0.3 is 14.4 Å². The maximum Gasteiger partial charge on any atom is 0.252 e. The van der Waals surface area contributed by atoms with Crippen molar-refractivity contribution in [2.45, 2.75) is 38.0 Å². The van der Waals surface area contributed by atoms with Crippen LogP contribution in [0.4, 0.5) is 0 Å². The highest BCUT2D eigenvalue weighted by molar-refractivity contribution is 5.81. The summed E-state index contributed by atoms with van der Waals surface area (Å²) in [5, 5.41) is 0. The third-order valence-corrected chi connectivity index (χ3v) is 4.09. The summed E-state index contributed by atoms with van der Waals surface area (Å²) in [4.78, 5) is 14.5. The first-order valence-electron chi connectivity index (χ1n) is 7.34. The van der Waals surface area contributed by atoms with Crippen LogP contribution in [0.5, 0.6) is 0 Å². The fraction of sp³-hybridized carbons (Fsp3) is 0.562. The highest BCUT2D eigenvalue weighted by Gasteiger charge is 2.35. The highest BCUT2D eigenvalue weighted by Crippen LogP contribution is 2.26. The number of carbonyl (C=O) groups excluding carboxylic acids is 1. The van der Waals surface area contributed by atoms with Gasteiger partial charge in [-0.3, -0.25) is 4.79 Å². The molecule has 0 aliphatic carbocycles. The van der Waals surface area contributed by atoms with E-state index in [0.29, 0.717) is 19.8 Å². The third-order valence-electron chi connectivity index (χ3n) is 4.09. The zero-order valence-corrected chi connectivity index (χ0v) is 11.8. The molecule has 0 N–H and O–H groups in total. The van der Waals surface area contributed by atoms with Gasteiger partial charge in [0.1, 0.15) is 12.2 Å². The largest absolute Gasteiger partial charge is 0.370 e. The van der Waals surface area contributed by atoms with Crippen molar-refractivity contribution in [2.24, 2.45) is 0 Å². The van der Waals surface area contributed by atoms with E-state index >= 15 is 0 Å². The molecule has 20 heavy (non-hydrogen) atoms. The van der Waals surface area contributed by atoms with Crippen molar-refractivity contribution in [1.82, 2.24) is 4.90 Å². The minimum Gasteiger partial charge on any atom is -0.370 e. The number of carbonyl (C=O) groups is 1. The molecule has 2 saturated heterocycles. The summed E-state index contributed by atoms with van der Waals surface area (Å²) in [5.41, 5.74) is 1.13. The van der Waals surface area contributed by atoms with Crippen LogP contribution in [0.2, 0.25) is 0 Å². The predicted octanol–water partition coefficient (Wildman–Crippen LogP) is 2.15. The van der Waals surface area contributed by atoms with Gasteiger partial charge in [-0.05, 0) is 25.3 Å². The van der Waals surface area contributed by atoms with Crippen LogP contribution in [-0.2, 0) is 14.3 Å². The van der Waals surface area contributed by atoms with Crippen LogP contribution >= 0.6 is 0 Å². The van der Waals surface area contributed by atoms with E-state index in [-0.39, 0.29) is 24.2 Å². The van der Waals surface area contributed by atoms with Gasteiger partial charge in [0.15, 0.2) is 0 Å². The van der Waals surface area contributed by atoms with Crippen LogP contribution < -0.4 is 0 Å². The lowest BCUT2D eigenvalue weighted by Crippen LogP contribution is -2.51. The van der Waals surface area contributed by atoms with Crippen LogP contribution in [0.1, 0.15) is 31.4 Å². The Kier molecular flexibility index (Phi) is 4.03. The third kappa shape index (κ3) is 2.72. The van der Waals surface area contributed by atoms with Crippen molar-refractivity contribution in [1.29, 1.82) is 0 Å². The Hall–Kier alpha value is -1.39. The molecule has 0 saturated carbocycles. The fourth-order valence-corrected chi connectivity index (χ4v) is 2.89. The van der Waals surface area contributed by atoms with Crippen molar-refractivity contribution >= 4 is 5.91 Å². The Labute approximate surface area is 119 Å². The Morgan fingerprint density at radius 2 is 2.05 bits per heavy atom. The van der Waals surface area contributed by atoms with Crippen LogP contribution in [-0.4, -0.2) is 42.7 Å². The molecule has 0 radical (unpaired) electrons. The molecule has 1 aromatic rings. The van der Waals surface area contributed by atoms with Crippen LogP contribution in [0.25, 0.3) is 0 Å². The molecule has 2 heterocycles. The number of nitrogens with zero attached hydrogens (tertiary/aromatic N) is 1. The maximum absolute atomic E-state index is 12.5. The second-order valence-corrected chi connectivity index (χ2v) is 5.57. The topological polar surface area (TPSA) is 38.8 Å². The van der Waals surface area contributed by atoms with E-state index in [0.717, 1.165) is 18.4 Å². The first kappa shape index (κ1) is 13.6. The molecule has 3 rings (SSSR count). The molecule has 0 spiro atoms. The van der Waals surface area contributed by atoms with E-state index in [2.05, 4.69) is 12.1 Å². The first-order chi connectivity index (χ1) is 9.75. The molecule has 1 aromatic carbocycles. The molecule has 2 fully saturated rings. The van der Waals surface area contributed by atoms with Gasteiger partial charge in [-0.15, -0.1) is 0 Å². The average Bonchev–Trinajstić information content (AvgIpc) is 3.02. The molecule has 0 unspecified atom stereocenters. The van der Waals surface area contributed by atoms with Crippen LogP contribution in [0.15, 0.2) is 30.3 Å². The number of morpholine rings is 1. The van der Waals surface area contributed by atoms with Gasteiger partial charge in [-0.1, -0.05) is 30.3 Å². The molecular formula is C16H21NO3. The number of benzene rings is 1. The zero-order chi connectivity index (χ0) is 13.9. The number of ether oxygens (including phenoxy) is 2. The average molecular weight is 275 g/mol. The molecular weight excluding hydrogens is 254 g/mol. The number of rotatable bonds is 2. The van der Waals surface area contributed by atoms with Gasteiger partial charge in [0.2, 0.25) is 0 Å². The van der Waals surface area contributed by atoms with E-state index in [1.165, 1.54) is 0 Å². The smallest absolute Gasteiger partial charge is 0.252 e. The molecule has 0 aromatic heterocycles. The van der Waals surface area contributed by atoms with Crippen LogP contribution in [0.3, 0.4) is 0 Å². The second kappa shape index (κ2) is 5.94. The molecule has 4 nitrogen and oxygen atoms in total. The summed E-state index contributed by atoms with van der Waals surface area (Å²) < 4.78 is 11.4. The fourth-order valence-electron chi connectivity index (χ4n) is 2.89. The van der Waals surface area contributed by atoms with Crippen molar-refractivity contribution in [3.05, 3.63) is 35.9 Å². The van der Waals surface area contributed by atoms with Crippen molar-refractivity contribution in [3.8, 4) is 0 Å². The van der Waals surface area contributed by atoms with E-state index in [4.69, 9.17) is 9.47 Å². The maximum atomic E-state index is 12.5. The number of hydrogen-bond acceptors (Lipinski definition) is 3. The van der Waals surface area contributed by atoms with E-state index in [1.807, 2.05) is 30.0 Å². The Morgan fingerprint density at radius 1 is 1.25 bits per heavy atom. The van der Waals surface area contributed by atoms with Gasteiger partial charge in [-0.25, -0.2) is 0 Å². The van der Waals surface area contributed by atoms with Gasteiger partial charge in [0.05, 0.1) is 19.2 Å². The summed E-state index contributed by atoms with van der Waals surface area (Å²) in [5.74, 6) is 0.124. The highest BCUT2D eigenvalue weighted by atomic mass is 16.5. The molecule has 2 aliphatic rings. The van der Waals surface area contributed by atoms with E-state index < -0.39 is 0 Å². The molecule has 0 bridgehead atoms. The number of hydrogen-bond donors (Lipinski definition) is 0. The standard InChI is InChI=1S/C16H21NO3/c1-12-11-20-15(13-6-3-2-4-7-13)10-17(12)16(18)14-8-5-9-19-14/h2-4,6-7,12,14-15H,5,8-11H2,1H3/t12-,14+,15+/m1/s1. The van der Waals surface area contributed by atoms with Crippen LogP contribution in [0, 0.1) is 0 Å². The summed E-state index contributed by atoms with van der Waals surface area (Å²) in [6, 6.07) is 10.2. The number of amides is 1. The van der Waals surface area contributed by atoms with E-state index in [9.17, 15) is 4.79 Å². The summed E-state index contributed by atoms with van der Waals surface area (Å²) in [6.07, 6.45) is 1.56. The van der Waals surface area contributed by atoms with Gasteiger partial charge >= 0.3 is 0 Å². The van der Waals surface area contributed by atoms with Gasteiger partial charge in [0.25, 0.3) is 5.91 Å². The molecule has 108 valence electrons. The van der Waals surface area contributed by atoms with Crippen molar-refractivity contribution in [3.63, 3.8) is 0 Å². The minimum absolute atomic E-state index is 0.0299. The monoisotopic (exact) mass is 275 g/mol. The predicted molar refractivity (Wildman–Crippen MR) is 75.3 cm³/mol. The lowest BCUT2D eigenvalue weighted by molar-refractivity contribution is -0.154. The van der Waals surface area contributed by atoms with Gasteiger partial charge in [-0.2, -0.15) is 0 Å². The normalized spacial score (nSPS) is 30.4. The molecule has 1 amide bonds. The van der Waals surface area contributed by atoms with Crippen molar-refractivity contribution < 1.29 is 14.3 Å². The SMILES string of the molecule is C[C@@H]1CO[C@H](c2ccccc2)CN1C(=O)[C@@H]1CCCO1. The Bertz CT molecular complexity index is 456. The summed E-state index contributed by atoms with van der Waals surface area (Å²) >= 11 is 0. The molecule has 4 heteroatoms. The molecule has 2 aliphatic heterocycles. The zero-order valence-electron chi connectivity index (χ0n) is 11.8. The van der Waals surface area contributed by atoms with E-state index in [1.54, 1.807) is 0 Å². The molecule has 3 atom stereocenters. The first-order valence-corrected chi connectivity index (χ1v) is 7.34.